The lowest BCUT2D eigenvalue weighted by Gasteiger charge is -2.02. The molecule has 1 rings (SSSR count). The van der Waals surface area contributed by atoms with E-state index in [0.717, 1.165) is 6.61 Å². The van der Waals surface area contributed by atoms with E-state index < -0.39 is 0 Å². The molecule has 1 aliphatic rings. The van der Waals surface area contributed by atoms with Crippen LogP contribution >= 0.6 is 0 Å². The summed E-state index contributed by atoms with van der Waals surface area (Å²) in [5, 5.41) is 0. The summed E-state index contributed by atoms with van der Waals surface area (Å²) in [5.74, 6) is 0.643. The summed E-state index contributed by atoms with van der Waals surface area (Å²) >= 11 is 0. The van der Waals surface area contributed by atoms with Gasteiger partial charge in [0.25, 0.3) is 0 Å². The summed E-state index contributed by atoms with van der Waals surface area (Å²) in [7, 11) is 0. The summed E-state index contributed by atoms with van der Waals surface area (Å²) < 4.78 is 5.35. The number of ether oxygens (including phenoxy) is 1. The van der Waals surface area contributed by atoms with Crippen molar-refractivity contribution in [2.45, 2.75) is 32.4 Å². The van der Waals surface area contributed by atoms with Gasteiger partial charge >= 0.3 is 0 Å². The molecule has 0 heterocycles. The third-order valence-electron chi connectivity index (χ3n) is 1.83. The molecule has 2 nitrogen and oxygen atoms in total. The highest BCUT2D eigenvalue weighted by Gasteiger charge is 2.40. The highest BCUT2D eigenvalue weighted by molar-refractivity contribution is 4.92. The van der Waals surface area contributed by atoms with Gasteiger partial charge in [0, 0.05) is 18.6 Å². The van der Waals surface area contributed by atoms with Crippen LogP contribution in [0.3, 0.4) is 0 Å². The van der Waals surface area contributed by atoms with Crippen LogP contribution in [0.4, 0.5) is 0 Å². The van der Waals surface area contributed by atoms with Crippen molar-refractivity contribution in [2.75, 3.05) is 6.61 Å². The molecule has 0 amide bonds. The van der Waals surface area contributed by atoms with Crippen molar-refractivity contribution in [3.05, 3.63) is 0 Å². The summed E-state index contributed by atoms with van der Waals surface area (Å²) in [6.07, 6.45) is 1.65. The van der Waals surface area contributed by atoms with E-state index in [1.165, 1.54) is 6.42 Å². The normalized spacial score (nSPS) is 36.3. The highest BCUT2D eigenvalue weighted by atomic mass is 16.5. The molecule has 0 aromatic rings. The molecule has 1 fully saturated rings. The number of rotatable bonds is 3. The number of hydrogen-bond acceptors (Lipinski definition) is 2. The third-order valence-corrected chi connectivity index (χ3v) is 1.83. The van der Waals surface area contributed by atoms with Crippen LogP contribution in [0, 0.1) is 5.92 Å². The number of nitrogens with two attached hydrogens (primary N) is 1. The molecule has 0 aromatic heterocycles. The summed E-state index contributed by atoms with van der Waals surface area (Å²) in [6, 6.07) is 0.321. The van der Waals surface area contributed by atoms with E-state index >= 15 is 0 Å². The lowest BCUT2D eigenvalue weighted by atomic mass is 10.2. The largest absolute Gasteiger partial charge is 0.378 e. The highest BCUT2D eigenvalue weighted by Crippen LogP contribution is 2.35. The maximum Gasteiger partial charge on any atom is 0.0622 e. The fourth-order valence-electron chi connectivity index (χ4n) is 1.15. The summed E-state index contributed by atoms with van der Waals surface area (Å²) in [5.41, 5.74) is 5.64. The quantitative estimate of drug-likeness (QED) is 0.610. The van der Waals surface area contributed by atoms with Gasteiger partial charge in [0.15, 0.2) is 0 Å². The van der Waals surface area contributed by atoms with Crippen molar-refractivity contribution in [3.63, 3.8) is 0 Å². The Kier molecular flexibility index (Phi) is 2.09. The Balaban J connectivity index is 2.09. The van der Waals surface area contributed by atoms with Gasteiger partial charge in [-0.05, 0) is 20.3 Å². The van der Waals surface area contributed by atoms with Crippen molar-refractivity contribution in [3.8, 4) is 0 Å². The van der Waals surface area contributed by atoms with Crippen LogP contribution in [0.2, 0.25) is 0 Å². The van der Waals surface area contributed by atoms with Crippen LogP contribution < -0.4 is 5.73 Å². The van der Waals surface area contributed by atoms with Gasteiger partial charge < -0.3 is 10.5 Å². The monoisotopic (exact) mass is 129 g/mol. The molecule has 0 radical (unpaired) electrons. The van der Waals surface area contributed by atoms with E-state index in [1.54, 1.807) is 0 Å². The first kappa shape index (κ1) is 7.03. The Bertz CT molecular complexity index is 92.9. The van der Waals surface area contributed by atoms with Crippen LogP contribution in [0.5, 0.6) is 0 Å². The van der Waals surface area contributed by atoms with Gasteiger partial charge in [-0.15, -0.1) is 0 Å². The molecule has 1 saturated carbocycles. The Morgan fingerprint density at radius 3 is 2.78 bits per heavy atom. The molecule has 0 saturated heterocycles. The Morgan fingerprint density at radius 1 is 1.78 bits per heavy atom. The lowest BCUT2D eigenvalue weighted by molar-refractivity contribution is 0.118. The summed E-state index contributed by atoms with van der Waals surface area (Å²) in [6.45, 7) is 4.90. The van der Waals surface area contributed by atoms with Crippen LogP contribution in [-0.2, 0) is 4.74 Å². The van der Waals surface area contributed by atoms with Crippen molar-refractivity contribution >= 4 is 0 Å². The topological polar surface area (TPSA) is 35.2 Å². The van der Waals surface area contributed by atoms with Gasteiger partial charge in [-0.1, -0.05) is 0 Å². The lowest BCUT2D eigenvalue weighted by Crippen LogP contribution is -2.19. The standard InChI is InChI=1S/C7H15NO/c1-3-9-7-4-6(7)5(2)8/h5-7H,3-4,8H2,1-2H3. The molecule has 9 heavy (non-hydrogen) atoms. The van der Waals surface area contributed by atoms with Crippen molar-refractivity contribution in [1.82, 2.24) is 0 Å². The minimum atomic E-state index is 0.321. The predicted octanol–water partition coefficient (Wildman–Crippen LogP) is 0.759. The van der Waals surface area contributed by atoms with E-state index in [0.29, 0.717) is 18.1 Å². The van der Waals surface area contributed by atoms with E-state index in [-0.39, 0.29) is 0 Å². The predicted molar refractivity (Wildman–Crippen MR) is 37.2 cm³/mol. The zero-order valence-corrected chi connectivity index (χ0v) is 6.13. The van der Waals surface area contributed by atoms with Crippen LogP contribution in [0.1, 0.15) is 20.3 Å². The van der Waals surface area contributed by atoms with E-state index in [4.69, 9.17) is 10.5 Å². The molecule has 0 spiro atoms. The summed E-state index contributed by atoms with van der Waals surface area (Å²) in [4.78, 5) is 0. The minimum absolute atomic E-state index is 0.321. The maximum atomic E-state index is 5.64. The molecule has 2 N–H and O–H groups in total. The Hall–Kier alpha value is -0.0800. The first-order chi connectivity index (χ1) is 4.25. The van der Waals surface area contributed by atoms with E-state index in [2.05, 4.69) is 0 Å². The molecule has 2 heteroatoms. The second-order valence-corrected chi connectivity index (χ2v) is 2.75. The molecule has 54 valence electrons. The molecular formula is C7H15NO. The second-order valence-electron chi connectivity index (χ2n) is 2.75. The molecule has 0 aromatic carbocycles. The van der Waals surface area contributed by atoms with Crippen LogP contribution in [0.25, 0.3) is 0 Å². The van der Waals surface area contributed by atoms with Gasteiger partial charge in [-0.25, -0.2) is 0 Å². The first-order valence-electron chi connectivity index (χ1n) is 3.63. The molecule has 3 atom stereocenters. The third kappa shape index (κ3) is 1.66. The van der Waals surface area contributed by atoms with Gasteiger partial charge in [0.1, 0.15) is 0 Å². The van der Waals surface area contributed by atoms with Crippen LogP contribution in [0.15, 0.2) is 0 Å². The molecule has 0 aliphatic heterocycles. The van der Waals surface area contributed by atoms with Crippen molar-refractivity contribution in [2.24, 2.45) is 11.7 Å². The maximum absolute atomic E-state index is 5.64. The SMILES string of the molecule is CCOC1CC1C(C)N. The molecule has 1 aliphatic carbocycles. The molecule has 3 unspecified atom stereocenters. The average Bonchev–Trinajstić information content (AvgIpc) is 2.47. The fraction of sp³-hybridized carbons (Fsp3) is 1.00. The Labute approximate surface area is 56.4 Å². The van der Waals surface area contributed by atoms with Gasteiger partial charge in [0.05, 0.1) is 6.10 Å². The number of hydrogen-bond donors (Lipinski definition) is 1. The second kappa shape index (κ2) is 2.67. The first-order valence-corrected chi connectivity index (χ1v) is 3.63. The van der Waals surface area contributed by atoms with E-state index in [9.17, 15) is 0 Å². The molecular weight excluding hydrogens is 114 g/mol. The molecule has 0 bridgehead atoms. The average molecular weight is 129 g/mol. The van der Waals surface area contributed by atoms with Crippen LogP contribution in [-0.4, -0.2) is 18.8 Å². The van der Waals surface area contributed by atoms with Gasteiger partial charge in [-0.2, -0.15) is 0 Å². The smallest absolute Gasteiger partial charge is 0.0622 e. The zero-order valence-electron chi connectivity index (χ0n) is 6.13. The minimum Gasteiger partial charge on any atom is -0.378 e. The Morgan fingerprint density at radius 2 is 2.44 bits per heavy atom. The van der Waals surface area contributed by atoms with Gasteiger partial charge in [-0.3, -0.25) is 0 Å². The van der Waals surface area contributed by atoms with Crippen molar-refractivity contribution < 1.29 is 4.74 Å². The zero-order chi connectivity index (χ0) is 6.85. The van der Waals surface area contributed by atoms with Crippen molar-refractivity contribution in [1.29, 1.82) is 0 Å². The van der Waals surface area contributed by atoms with E-state index in [1.807, 2.05) is 13.8 Å². The fourth-order valence-corrected chi connectivity index (χ4v) is 1.15. The van der Waals surface area contributed by atoms with Gasteiger partial charge in [0.2, 0.25) is 0 Å².